The molecule has 0 aliphatic heterocycles. The lowest BCUT2D eigenvalue weighted by Gasteiger charge is -2.11. The van der Waals surface area contributed by atoms with Crippen molar-refractivity contribution in [3.05, 3.63) is 51.9 Å². The van der Waals surface area contributed by atoms with Crippen LogP contribution in [0.2, 0.25) is 0 Å². The highest BCUT2D eigenvalue weighted by atomic mass is 32.1. The van der Waals surface area contributed by atoms with E-state index in [1.165, 1.54) is 23.3 Å². The number of esters is 1. The van der Waals surface area contributed by atoms with Crippen molar-refractivity contribution in [3.8, 4) is 0 Å². The van der Waals surface area contributed by atoms with Gasteiger partial charge in [0, 0.05) is 10.8 Å². The summed E-state index contributed by atoms with van der Waals surface area (Å²) >= 11 is 1.58. The lowest BCUT2D eigenvalue weighted by Crippen LogP contribution is -2.17. The number of anilines is 1. The van der Waals surface area contributed by atoms with Gasteiger partial charge in [0.25, 0.3) is 0 Å². The summed E-state index contributed by atoms with van der Waals surface area (Å²) in [7, 11) is 0. The van der Waals surface area contributed by atoms with Crippen LogP contribution in [0.4, 0.5) is 5.00 Å². The largest absolute Gasteiger partial charge is 0.462 e. The van der Waals surface area contributed by atoms with Crippen molar-refractivity contribution in [1.29, 1.82) is 0 Å². The van der Waals surface area contributed by atoms with Crippen LogP contribution in [-0.2, 0) is 22.4 Å². The second kappa shape index (κ2) is 8.48. The summed E-state index contributed by atoms with van der Waals surface area (Å²) in [4.78, 5) is 26.8. The lowest BCUT2D eigenvalue weighted by molar-refractivity contribution is -0.117. The fraction of sp³-hybridized carbons (Fsp3) is 0.478. The highest BCUT2D eigenvalue weighted by Crippen LogP contribution is 2.48. The fourth-order valence-electron chi connectivity index (χ4n) is 4.18. The molecule has 28 heavy (non-hydrogen) atoms. The number of nitrogens with one attached hydrogen (secondary N) is 1. The van der Waals surface area contributed by atoms with Crippen molar-refractivity contribution in [2.24, 2.45) is 5.92 Å². The van der Waals surface area contributed by atoms with E-state index in [1.807, 2.05) is 25.1 Å². The van der Waals surface area contributed by atoms with Gasteiger partial charge in [-0.3, -0.25) is 4.79 Å². The van der Waals surface area contributed by atoms with Gasteiger partial charge in [-0.25, -0.2) is 4.79 Å². The Labute approximate surface area is 170 Å². The van der Waals surface area contributed by atoms with E-state index in [9.17, 15) is 9.59 Å². The Morgan fingerprint density at radius 1 is 1.11 bits per heavy atom. The average molecular weight is 398 g/mol. The van der Waals surface area contributed by atoms with E-state index in [0.717, 1.165) is 37.7 Å². The zero-order valence-electron chi connectivity index (χ0n) is 16.3. The molecule has 5 heteroatoms. The number of carbonyl (C=O) groups is 2. The number of carbonyl (C=O) groups excluding carboxylic acids is 2. The van der Waals surface area contributed by atoms with Gasteiger partial charge in [0.2, 0.25) is 5.91 Å². The van der Waals surface area contributed by atoms with Gasteiger partial charge in [-0.1, -0.05) is 43.2 Å². The first-order valence-electron chi connectivity index (χ1n) is 10.4. The first kappa shape index (κ1) is 19.2. The van der Waals surface area contributed by atoms with Crippen molar-refractivity contribution in [2.75, 3.05) is 11.9 Å². The molecule has 1 saturated carbocycles. The molecule has 0 radical (unpaired) electrons. The molecule has 2 aliphatic rings. The van der Waals surface area contributed by atoms with Crippen molar-refractivity contribution >= 4 is 28.2 Å². The van der Waals surface area contributed by atoms with Crippen LogP contribution >= 0.6 is 11.3 Å². The second-order valence-electron chi connectivity index (χ2n) is 7.69. The van der Waals surface area contributed by atoms with Gasteiger partial charge in [0.05, 0.1) is 12.2 Å². The van der Waals surface area contributed by atoms with E-state index >= 15 is 0 Å². The topological polar surface area (TPSA) is 55.4 Å². The highest BCUT2D eigenvalue weighted by Gasteiger charge is 2.44. The number of amides is 1. The average Bonchev–Trinajstić information content (AvgIpc) is 3.42. The molecule has 1 fully saturated rings. The Bertz CT molecular complexity index is 858. The molecule has 2 unspecified atom stereocenters. The predicted octanol–water partition coefficient (Wildman–Crippen LogP) is 5.33. The molecule has 4 rings (SSSR count). The zero-order valence-corrected chi connectivity index (χ0v) is 17.1. The van der Waals surface area contributed by atoms with Crippen LogP contribution in [0, 0.1) is 5.92 Å². The summed E-state index contributed by atoms with van der Waals surface area (Å²) in [5.74, 6) is -0.00439. The van der Waals surface area contributed by atoms with Crippen LogP contribution < -0.4 is 5.32 Å². The quantitative estimate of drug-likeness (QED) is 0.694. The van der Waals surface area contributed by atoms with E-state index in [2.05, 4.69) is 17.4 Å². The van der Waals surface area contributed by atoms with E-state index in [-0.39, 0.29) is 23.7 Å². The van der Waals surface area contributed by atoms with Gasteiger partial charge in [-0.2, -0.15) is 0 Å². The van der Waals surface area contributed by atoms with Gasteiger partial charge in [0.15, 0.2) is 0 Å². The van der Waals surface area contributed by atoms with Crippen molar-refractivity contribution in [1.82, 2.24) is 0 Å². The summed E-state index contributed by atoms with van der Waals surface area (Å²) in [6.07, 6.45) is 7.40. The number of thiophene rings is 1. The normalized spacial score (nSPS) is 21.2. The summed E-state index contributed by atoms with van der Waals surface area (Å²) in [5, 5.41) is 3.78. The van der Waals surface area contributed by atoms with E-state index in [0.29, 0.717) is 17.2 Å². The SMILES string of the molecule is CCOC(=O)c1c(NC(=O)C2CC2c2ccccc2)sc2c1CCCCCC2. The molecule has 0 spiro atoms. The molecule has 2 aliphatic carbocycles. The molecule has 1 heterocycles. The third-order valence-electron chi connectivity index (χ3n) is 5.74. The maximum absolute atomic E-state index is 12.9. The molecule has 1 N–H and O–H groups in total. The van der Waals surface area contributed by atoms with Gasteiger partial charge in [0.1, 0.15) is 5.00 Å². The Morgan fingerprint density at radius 3 is 2.61 bits per heavy atom. The van der Waals surface area contributed by atoms with Crippen LogP contribution in [0.15, 0.2) is 30.3 Å². The minimum atomic E-state index is -0.300. The monoisotopic (exact) mass is 397 g/mol. The molecule has 1 amide bonds. The summed E-state index contributed by atoms with van der Waals surface area (Å²) in [5.41, 5.74) is 2.93. The van der Waals surface area contributed by atoms with Crippen LogP contribution in [-0.4, -0.2) is 18.5 Å². The summed E-state index contributed by atoms with van der Waals surface area (Å²) < 4.78 is 5.33. The van der Waals surface area contributed by atoms with E-state index in [4.69, 9.17) is 4.74 Å². The number of hydrogen-bond acceptors (Lipinski definition) is 4. The third kappa shape index (κ3) is 4.00. The molecular formula is C23H27NO3S. The van der Waals surface area contributed by atoms with Gasteiger partial charge in [-0.05, 0) is 56.1 Å². The van der Waals surface area contributed by atoms with Crippen LogP contribution in [0.25, 0.3) is 0 Å². The van der Waals surface area contributed by atoms with Crippen LogP contribution in [0.3, 0.4) is 0 Å². The molecule has 0 saturated heterocycles. The van der Waals surface area contributed by atoms with E-state index in [1.54, 1.807) is 11.3 Å². The summed E-state index contributed by atoms with van der Waals surface area (Å²) in [6.45, 7) is 2.16. The third-order valence-corrected chi connectivity index (χ3v) is 6.95. The maximum atomic E-state index is 12.9. The Hall–Kier alpha value is -2.14. The van der Waals surface area contributed by atoms with Crippen LogP contribution in [0.1, 0.15) is 71.3 Å². The van der Waals surface area contributed by atoms with E-state index < -0.39 is 0 Å². The fourth-order valence-corrected chi connectivity index (χ4v) is 5.47. The molecule has 148 valence electrons. The van der Waals surface area contributed by atoms with Gasteiger partial charge < -0.3 is 10.1 Å². The van der Waals surface area contributed by atoms with Gasteiger partial charge in [-0.15, -0.1) is 11.3 Å². The maximum Gasteiger partial charge on any atom is 0.341 e. The summed E-state index contributed by atoms with van der Waals surface area (Å²) in [6, 6.07) is 10.2. The Kier molecular flexibility index (Phi) is 5.81. The minimum Gasteiger partial charge on any atom is -0.462 e. The molecule has 2 aromatic rings. The number of benzene rings is 1. The number of rotatable bonds is 5. The number of ether oxygens (including phenoxy) is 1. The standard InChI is InChI=1S/C23H27NO3S/c1-2-27-23(26)20-16-12-8-3-4-9-13-19(16)28-22(20)24-21(25)18-14-17(18)15-10-6-5-7-11-15/h5-7,10-11,17-18H,2-4,8-9,12-14H2,1H3,(H,24,25). The smallest absolute Gasteiger partial charge is 0.341 e. The first-order valence-corrected chi connectivity index (χ1v) is 11.2. The van der Waals surface area contributed by atoms with Gasteiger partial charge >= 0.3 is 5.97 Å². The van der Waals surface area contributed by atoms with Crippen molar-refractivity contribution in [3.63, 3.8) is 0 Å². The van der Waals surface area contributed by atoms with Crippen LogP contribution in [0.5, 0.6) is 0 Å². The predicted molar refractivity (Wildman–Crippen MR) is 112 cm³/mol. The number of aryl methyl sites for hydroxylation is 1. The van der Waals surface area contributed by atoms with Crippen molar-refractivity contribution < 1.29 is 14.3 Å². The first-order chi connectivity index (χ1) is 13.7. The molecule has 2 atom stereocenters. The molecule has 1 aromatic heterocycles. The lowest BCUT2D eigenvalue weighted by atomic mass is 9.96. The zero-order chi connectivity index (χ0) is 19.5. The number of hydrogen-bond donors (Lipinski definition) is 1. The molecule has 1 aromatic carbocycles. The Balaban J connectivity index is 1.56. The highest BCUT2D eigenvalue weighted by molar-refractivity contribution is 7.17. The molecule has 0 bridgehead atoms. The number of fused-ring (bicyclic) bond motifs is 1. The Morgan fingerprint density at radius 2 is 1.86 bits per heavy atom. The molecule has 4 nitrogen and oxygen atoms in total. The van der Waals surface area contributed by atoms with Crippen molar-refractivity contribution in [2.45, 2.75) is 57.8 Å². The second-order valence-corrected chi connectivity index (χ2v) is 8.80. The molecular weight excluding hydrogens is 370 g/mol. The minimum absolute atomic E-state index is 0.0119.